The van der Waals surface area contributed by atoms with Crippen LogP contribution < -0.4 is 0 Å². The number of ketones is 1. The average Bonchev–Trinajstić information content (AvgIpc) is 2.84. The van der Waals surface area contributed by atoms with Crippen molar-refractivity contribution in [3.8, 4) is 0 Å². The number of fused-ring (bicyclic) bond motifs is 2. The summed E-state index contributed by atoms with van der Waals surface area (Å²) in [4.78, 5) is 20.9. The quantitative estimate of drug-likeness (QED) is 0.355. The molecular formula is C28H22F2N2O. The summed E-state index contributed by atoms with van der Waals surface area (Å²) in [5, 5.41) is 0. The summed E-state index contributed by atoms with van der Waals surface area (Å²) in [7, 11) is 0. The zero-order valence-electron chi connectivity index (χ0n) is 18.3. The maximum absolute atomic E-state index is 14.2. The second kappa shape index (κ2) is 8.00. The molecule has 0 radical (unpaired) electrons. The lowest BCUT2D eigenvalue weighted by atomic mass is 9.53. The number of carbonyl (C=O) groups excluding carboxylic acids is 1. The standard InChI is InChI=1S/C28H22F2N2O/c1-17(19-11-13-31-25(29)15-19)28(18(2)20-12-14-32-26(30)16-20)23-9-5-3-7-21(23)27(33)22-8-4-6-10-24(22)28/h3-18H,1-2H3. The van der Waals surface area contributed by atoms with Crippen molar-refractivity contribution in [3.63, 3.8) is 0 Å². The second-order valence-corrected chi connectivity index (χ2v) is 8.56. The van der Waals surface area contributed by atoms with Crippen molar-refractivity contribution in [1.82, 2.24) is 9.97 Å². The van der Waals surface area contributed by atoms with E-state index >= 15 is 0 Å². The molecule has 5 heteroatoms. The molecule has 0 N–H and O–H groups in total. The Hall–Kier alpha value is -3.73. The lowest BCUT2D eigenvalue weighted by molar-refractivity contribution is 0.102. The fourth-order valence-corrected chi connectivity index (χ4v) is 5.58. The van der Waals surface area contributed by atoms with Crippen molar-refractivity contribution in [2.75, 3.05) is 0 Å². The molecule has 3 nitrogen and oxygen atoms in total. The zero-order valence-corrected chi connectivity index (χ0v) is 18.3. The highest BCUT2D eigenvalue weighted by Crippen LogP contribution is 2.57. The van der Waals surface area contributed by atoms with Gasteiger partial charge in [-0.15, -0.1) is 0 Å². The van der Waals surface area contributed by atoms with E-state index in [9.17, 15) is 13.6 Å². The molecule has 1 aliphatic carbocycles. The first-order valence-corrected chi connectivity index (χ1v) is 10.9. The van der Waals surface area contributed by atoms with Crippen molar-refractivity contribution in [1.29, 1.82) is 0 Å². The molecule has 0 bridgehead atoms. The second-order valence-electron chi connectivity index (χ2n) is 8.56. The third-order valence-corrected chi connectivity index (χ3v) is 7.10. The van der Waals surface area contributed by atoms with Crippen LogP contribution in [0, 0.1) is 11.9 Å². The van der Waals surface area contributed by atoms with Gasteiger partial charge in [0.15, 0.2) is 5.78 Å². The van der Waals surface area contributed by atoms with E-state index < -0.39 is 17.3 Å². The Morgan fingerprint density at radius 2 is 1.12 bits per heavy atom. The predicted molar refractivity (Wildman–Crippen MR) is 122 cm³/mol. The van der Waals surface area contributed by atoms with Gasteiger partial charge in [0, 0.05) is 28.9 Å². The number of hydrogen-bond donors (Lipinski definition) is 0. The first-order chi connectivity index (χ1) is 15.9. The molecule has 33 heavy (non-hydrogen) atoms. The van der Waals surface area contributed by atoms with E-state index in [1.807, 2.05) is 62.4 Å². The highest BCUT2D eigenvalue weighted by Gasteiger charge is 2.51. The van der Waals surface area contributed by atoms with E-state index in [-0.39, 0.29) is 17.6 Å². The Bertz CT molecular complexity index is 1260. The summed E-state index contributed by atoms with van der Waals surface area (Å²) < 4.78 is 28.5. The topological polar surface area (TPSA) is 42.9 Å². The van der Waals surface area contributed by atoms with Gasteiger partial charge in [0.2, 0.25) is 11.9 Å². The van der Waals surface area contributed by atoms with Gasteiger partial charge in [0.25, 0.3) is 0 Å². The van der Waals surface area contributed by atoms with Gasteiger partial charge in [-0.1, -0.05) is 62.4 Å². The van der Waals surface area contributed by atoms with Crippen LogP contribution in [0.1, 0.15) is 63.9 Å². The van der Waals surface area contributed by atoms with Crippen LogP contribution in [-0.4, -0.2) is 15.8 Å². The van der Waals surface area contributed by atoms with E-state index in [0.29, 0.717) is 11.1 Å². The molecule has 2 aromatic heterocycles. The molecule has 2 atom stereocenters. The normalized spacial score (nSPS) is 15.9. The van der Waals surface area contributed by atoms with E-state index in [2.05, 4.69) is 9.97 Å². The molecule has 0 aliphatic heterocycles. The summed E-state index contributed by atoms with van der Waals surface area (Å²) in [6.07, 6.45) is 2.91. The Kier molecular flexibility index (Phi) is 5.12. The monoisotopic (exact) mass is 440 g/mol. The summed E-state index contributed by atoms with van der Waals surface area (Å²) in [5.74, 6) is -1.71. The minimum Gasteiger partial charge on any atom is -0.289 e. The molecule has 0 saturated carbocycles. The van der Waals surface area contributed by atoms with Crippen LogP contribution in [0.25, 0.3) is 0 Å². The Morgan fingerprint density at radius 3 is 1.55 bits per heavy atom. The first kappa shape index (κ1) is 21.1. The number of nitrogens with zero attached hydrogens (tertiary/aromatic N) is 2. The van der Waals surface area contributed by atoms with Gasteiger partial charge in [0.05, 0.1) is 0 Å². The number of hydrogen-bond acceptors (Lipinski definition) is 3. The molecule has 0 spiro atoms. The molecule has 164 valence electrons. The predicted octanol–water partition coefficient (Wildman–Crippen LogP) is 6.19. The van der Waals surface area contributed by atoms with Gasteiger partial charge in [-0.25, -0.2) is 9.97 Å². The molecule has 4 aromatic rings. The van der Waals surface area contributed by atoms with Gasteiger partial charge in [-0.05, 0) is 58.4 Å². The minimum absolute atomic E-state index is 0.0435. The third-order valence-electron chi connectivity index (χ3n) is 7.10. The maximum atomic E-state index is 14.2. The SMILES string of the molecule is CC(c1ccnc(F)c1)C1(C(C)c2ccnc(F)c2)c2ccccc2C(=O)c2ccccc21. The smallest absolute Gasteiger partial charge is 0.213 e. The zero-order chi connectivity index (χ0) is 23.2. The highest BCUT2D eigenvalue weighted by atomic mass is 19.1. The van der Waals surface area contributed by atoms with E-state index in [1.54, 1.807) is 12.1 Å². The lowest BCUT2D eigenvalue weighted by Gasteiger charge is -2.49. The van der Waals surface area contributed by atoms with Crippen molar-refractivity contribution in [2.24, 2.45) is 0 Å². The largest absolute Gasteiger partial charge is 0.289 e. The molecule has 0 amide bonds. The molecule has 2 heterocycles. The molecule has 0 saturated heterocycles. The van der Waals surface area contributed by atoms with Crippen LogP contribution in [-0.2, 0) is 5.41 Å². The number of pyridine rings is 2. The summed E-state index contributed by atoms with van der Waals surface area (Å²) >= 11 is 0. The van der Waals surface area contributed by atoms with E-state index in [0.717, 1.165) is 22.3 Å². The van der Waals surface area contributed by atoms with Crippen LogP contribution in [0.3, 0.4) is 0 Å². The number of halogens is 2. The van der Waals surface area contributed by atoms with Gasteiger partial charge >= 0.3 is 0 Å². The molecule has 5 rings (SSSR count). The van der Waals surface area contributed by atoms with Crippen LogP contribution >= 0.6 is 0 Å². The third kappa shape index (κ3) is 3.18. The van der Waals surface area contributed by atoms with Crippen LogP contribution in [0.4, 0.5) is 8.78 Å². The highest BCUT2D eigenvalue weighted by molar-refractivity contribution is 6.13. The van der Waals surface area contributed by atoms with Crippen molar-refractivity contribution in [2.45, 2.75) is 31.1 Å². The van der Waals surface area contributed by atoms with Crippen molar-refractivity contribution in [3.05, 3.63) is 130 Å². The van der Waals surface area contributed by atoms with E-state index in [1.165, 1.54) is 24.5 Å². The van der Waals surface area contributed by atoms with Gasteiger partial charge in [-0.2, -0.15) is 8.78 Å². The maximum Gasteiger partial charge on any atom is 0.213 e. The van der Waals surface area contributed by atoms with Crippen molar-refractivity contribution < 1.29 is 13.6 Å². The van der Waals surface area contributed by atoms with Crippen molar-refractivity contribution >= 4 is 5.78 Å². The van der Waals surface area contributed by atoms with Gasteiger partial charge < -0.3 is 0 Å². The number of benzene rings is 2. The van der Waals surface area contributed by atoms with Crippen LogP contribution in [0.5, 0.6) is 0 Å². The number of rotatable bonds is 4. The minimum atomic E-state index is -0.775. The average molecular weight is 440 g/mol. The molecule has 2 aromatic carbocycles. The Morgan fingerprint density at radius 1 is 0.697 bits per heavy atom. The summed E-state index contributed by atoms with van der Waals surface area (Å²) in [6.45, 7) is 4.07. The molecule has 2 unspecified atom stereocenters. The fraction of sp³-hybridized carbons (Fsp3) is 0.179. The van der Waals surface area contributed by atoms with Gasteiger partial charge in [0.1, 0.15) is 0 Å². The van der Waals surface area contributed by atoms with E-state index in [4.69, 9.17) is 0 Å². The van der Waals surface area contributed by atoms with Crippen LogP contribution in [0.15, 0.2) is 85.2 Å². The first-order valence-electron chi connectivity index (χ1n) is 10.9. The summed E-state index contributed by atoms with van der Waals surface area (Å²) in [5.41, 5.74) is 3.65. The summed E-state index contributed by atoms with van der Waals surface area (Å²) in [6, 6.07) is 21.6. The van der Waals surface area contributed by atoms with Gasteiger partial charge in [-0.3, -0.25) is 4.79 Å². The van der Waals surface area contributed by atoms with Crippen LogP contribution in [0.2, 0.25) is 0 Å². The lowest BCUT2D eigenvalue weighted by Crippen LogP contribution is -2.44. The number of aromatic nitrogens is 2. The Balaban J connectivity index is 1.89. The molecule has 1 aliphatic rings. The Labute approximate surface area is 191 Å². The molecule has 0 fully saturated rings. The molecular weight excluding hydrogens is 418 g/mol. The fourth-order valence-electron chi connectivity index (χ4n) is 5.58. The number of carbonyl (C=O) groups is 1.